The van der Waals surface area contributed by atoms with Gasteiger partial charge in [-0.15, -0.1) is 0 Å². The zero-order chi connectivity index (χ0) is 11.7. The Balaban J connectivity index is 3.60. The van der Waals surface area contributed by atoms with Gasteiger partial charge < -0.3 is 0 Å². The standard InChI is InChI=1S/C12H17N2Se/c1-6-7(2)9(4)11(14-12(13)15)10(5)8(6)3/h1-5H3,(H2,13,14). The second-order valence-corrected chi connectivity index (χ2v) is 4.80. The molecule has 0 saturated carbocycles. The van der Waals surface area contributed by atoms with E-state index in [1.165, 1.54) is 27.8 Å². The number of nitrogens with zero attached hydrogens (tertiary/aromatic N) is 1. The molecule has 0 aliphatic carbocycles. The van der Waals surface area contributed by atoms with Crippen LogP contribution < -0.4 is 5.73 Å². The summed E-state index contributed by atoms with van der Waals surface area (Å²) < 4.78 is 0.490. The molecule has 0 atom stereocenters. The van der Waals surface area contributed by atoms with Gasteiger partial charge in [0.1, 0.15) is 0 Å². The molecular formula is C12H17N2Se. The van der Waals surface area contributed by atoms with Crippen molar-refractivity contribution in [1.29, 1.82) is 0 Å². The summed E-state index contributed by atoms with van der Waals surface area (Å²) in [6, 6.07) is 0. The zero-order valence-electron chi connectivity index (χ0n) is 9.93. The van der Waals surface area contributed by atoms with Crippen molar-refractivity contribution in [1.82, 2.24) is 0 Å². The van der Waals surface area contributed by atoms with Gasteiger partial charge in [-0.05, 0) is 0 Å². The SMILES string of the molecule is Cc1c(C)c(C)c(N=C(N)[Se])c(C)c1C. The molecule has 0 aliphatic rings. The molecule has 15 heavy (non-hydrogen) atoms. The Labute approximate surface area is 99.8 Å². The third-order valence-corrected chi connectivity index (χ3v) is 3.37. The van der Waals surface area contributed by atoms with Crippen LogP contribution in [0.3, 0.4) is 0 Å². The molecule has 1 rings (SSSR count). The van der Waals surface area contributed by atoms with Crippen LogP contribution in [0.5, 0.6) is 0 Å². The first-order chi connectivity index (χ1) is 6.86. The van der Waals surface area contributed by atoms with Gasteiger partial charge >= 0.3 is 99.6 Å². The maximum atomic E-state index is 5.59. The van der Waals surface area contributed by atoms with E-state index in [2.05, 4.69) is 55.6 Å². The van der Waals surface area contributed by atoms with E-state index in [9.17, 15) is 0 Å². The van der Waals surface area contributed by atoms with Crippen LogP contribution in [0.15, 0.2) is 4.99 Å². The first kappa shape index (κ1) is 12.3. The average molecular weight is 268 g/mol. The molecule has 0 amide bonds. The summed E-state index contributed by atoms with van der Waals surface area (Å²) >= 11 is 2.72. The fourth-order valence-electron chi connectivity index (χ4n) is 1.76. The van der Waals surface area contributed by atoms with Crippen molar-refractivity contribution in [3.8, 4) is 0 Å². The molecule has 0 aromatic heterocycles. The van der Waals surface area contributed by atoms with Gasteiger partial charge in [0, 0.05) is 0 Å². The summed E-state index contributed by atoms with van der Waals surface area (Å²) in [5, 5.41) is 0. The Morgan fingerprint density at radius 1 is 0.867 bits per heavy atom. The van der Waals surface area contributed by atoms with Gasteiger partial charge in [-0.2, -0.15) is 0 Å². The van der Waals surface area contributed by atoms with Crippen LogP contribution in [0, 0.1) is 34.6 Å². The van der Waals surface area contributed by atoms with Crippen LogP contribution in [0.25, 0.3) is 0 Å². The topological polar surface area (TPSA) is 38.4 Å². The quantitative estimate of drug-likeness (QED) is 0.474. The van der Waals surface area contributed by atoms with Crippen LogP contribution in [-0.2, 0) is 0 Å². The van der Waals surface area contributed by atoms with Crippen molar-refractivity contribution in [3.05, 3.63) is 27.8 Å². The Kier molecular flexibility index (Phi) is 3.58. The van der Waals surface area contributed by atoms with E-state index in [0.717, 1.165) is 5.69 Å². The van der Waals surface area contributed by atoms with Crippen LogP contribution in [0.4, 0.5) is 5.69 Å². The van der Waals surface area contributed by atoms with Gasteiger partial charge in [0.25, 0.3) is 0 Å². The first-order valence-corrected chi connectivity index (χ1v) is 5.80. The van der Waals surface area contributed by atoms with Crippen LogP contribution >= 0.6 is 0 Å². The van der Waals surface area contributed by atoms with Gasteiger partial charge in [0.05, 0.1) is 0 Å². The number of hydrogen-bond acceptors (Lipinski definition) is 1. The minimum atomic E-state index is 0.490. The van der Waals surface area contributed by atoms with E-state index in [-0.39, 0.29) is 0 Å². The molecule has 0 bridgehead atoms. The third kappa shape index (κ3) is 2.24. The van der Waals surface area contributed by atoms with Crippen LogP contribution in [-0.4, -0.2) is 20.7 Å². The molecule has 0 aliphatic heterocycles. The number of nitrogens with two attached hydrogens (primary N) is 1. The molecule has 0 fully saturated rings. The van der Waals surface area contributed by atoms with Gasteiger partial charge in [-0.3, -0.25) is 0 Å². The third-order valence-electron chi connectivity index (χ3n) is 3.18. The molecule has 2 N–H and O–H groups in total. The molecule has 1 aromatic rings. The summed E-state index contributed by atoms with van der Waals surface area (Å²) in [5.74, 6) is 0. The number of benzene rings is 1. The fraction of sp³-hybridized carbons (Fsp3) is 0.417. The summed E-state index contributed by atoms with van der Waals surface area (Å²) in [5.41, 5.74) is 13.0. The first-order valence-electron chi connectivity index (χ1n) is 4.94. The van der Waals surface area contributed by atoms with Gasteiger partial charge in [0.15, 0.2) is 0 Å². The molecule has 3 heteroatoms. The molecule has 0 heterocycles. The van der Waals surface area contributed by atoms with Crippen molar-refractivity contribution in [3.63, 3.8) is 0 Å². The minimum absolute atomic E-state index is 0.490. The Morgan fingerprint density at radius 3 is 1.53 bits per heavy atom. The van der Waals surface area contributed by atoms with E-state index in [0.29, 0.717) is 4.73 Å². The van der Waals surface area contributed by atoms with Gasteiger partial charge in [-0.1, -0.05) is 0 Å². The summed E-state index contributed by atoms with van der Waals surface area (Å²) in [6.07, 6.45) is 0. The summed E-state index contributed by atoms with van der Waals surface area (Å²) in [6.45, 7) is 10.6. The van der Waals surface area contributed by atoms with Gasteiger partial charge in [-0.25, -0.2) is 0 Å². The number of rotatable bonds is 1. The van der Waals surface area contributed by atoms with E-state index in [1.54, 1.807) is 0 Å². The fourth-order valence-corrected chi connectivity index (χ4v) is 1.95. The summed E-state index contributed by atoms with van der Waals surface area (Å²) in [7, 11) is 0. The molecular weight excluding hydrogens is 251 g/mol. The van der Waals surface area contributed by atoms with Crippen molar-refractivity contribution in [2.24, 2.45) is 10.7 Å². The zero-order valence-corrected chi connectivity index (χ0v) is 11.6. The Hall–Kier alpha value is -0.791. The van der Waals surface area contributed by atoms with Crippen molar-refractivity contribution < 1.29 is 0 Å². The van der Waals surface area contributed by atoms with Gasteiger partial charge in [0.2, 0.25) is 0 Å². The van der Waals surface area contributed by atoms with E-state index in [4.69, 9.17) is 5.73 Å². The molecule has 1 radical (unpaired) electrons. The number of aliphatic imine (C=N–C) groups is 1. The number of hydrogen-bond donors (Lipinski definition) is 1. The Morgan fingerprint density at radius 2 is 1.20 bits per heavy atom. The van der Waals surface area contributed by atoms with Crippen molar-refractivity contribution >= 4 is 26.4 Å². The molecule has 0 unspecified atom stereocenters. The van der Waals surface area contributed by atoms with Crippen LogP contribution in [0.1, 0.15) is 27.8 Å². The van der Waals surface area contributed by atoms with E-state index < -0.39 is 0 Å². The molecule has 0 saturated heterocycles. The van der Waals surface area contributed by atoms with E-state index >= 15 is 0 Å². The monoisotopic (exact) mass is 269 g/mol. The molecule has 0 spiro atoms. The Bertz CT molecular complexity index is 401. The maximum absolute atomic E-state index is 5.59. The van der Waals surface area contributed by atoms with Crippen LogP contribution in [0.2, 0.25) is 0 Å². The predicted molar refractivity (Wildman–Crippen MR) is 67.2 cm³/mol. The second-order valence-electron chi connectivity index (χ2n) is 3.92. The summed E-state index contributed by atoms with van der Waals surface area (Å²) in [4.78, 5) is 4.36. The molecule has 81 valence electrons. The average Bonchev–Trinajstić information content (AvgIpc) is 2.18. The van der Waals surface area contributed by atoms with Crippen molar-refractivity contribution in [2.45, 2.75) is 34.6 Å². The predicted octanol–water partition coefficient (Wildman–Crippen LogP) is 2.34. The molecule has 1 aromatic carbocycles. The molecule has 2 nitrogen and oxygen atoms in total. The van der Waals surface area contributed by atoms with E-state index in [1.807, 2.05) is 0 Å². The second kappa shape index (κ2) is 4.38. The number of amidine groups is 1. The van der Waals surface area contributed by atoms with Crippen molar-refractivity contribution in [2.75, 3.05) is 0 Å². The normalized spacial score (nSPS) is 11.9.